The van der Waals surface area contributed by atoms with Crippen LogP contribution in [0.4, 0.5) is 0 Å². The highest BCUT2D eigenvalue weighted by molar-refractivity contribution is 6.31. The van der Waals surface area contributed by atoms with Crippen LogP contribution in [0.5, 0.6) is 0 Å². The molecule has 4 nitrogen and oxygen atoms in total. The van der Waals surface area contributed by atoms with Gasteiger partial charge in [0, 0.05) is 16.1 Å². The number of halogens is 1. The summed E-state index contributed by atoms with van der Waals surface area (Å²) in [4.78, 5) is 9.16. The quantitative estimate of drug-likeness (QED) is 0.675. The Morgan fingerprint density at radius 2 is 1.96 bits per heavy atom. The van der Waals surface area contributed by atoms with Crippen molar-refractivity contribution >= 4 is 17.3 Å². The highest BCUT2D eigenvalue weighted by atomic mass is 35.5. The highest BCUT2D eigenvalue weighted by Crippen LogP contribution is 2.30. The Kier molecular flexibility index (Phi) is 3.44. The second-order valence-electron chi connectivity index (χ2n) is 5.59. The van der Waals surface area contributed by atoms with Gasteiger partial charge in [-0.3, -0.25) is 9.56 Å². The maximum Gasteiger partial charge on any atom is 0.164 e. The summed E-state index contributed by atoms with van der Waals surface area (Å²) in [5.74, 6) is 0.773. The molecule has 1 aliphatic heterocycles. The van der Waals surface area contributed by atoms with E-state index in [4.69, 9.17) is 16.6 Å². The van der Waals surface area contributed by atoms with E-state index in [2.05, 4.69) is 11.1 Å². The molecule has 1 aliphatic rings. The summed E-state index contributed by atoms with van der Waals surface area (Å²) in [7, 11) is 0. The largest absolute Gasteiger partial charge is 0.297 e. The van der Waals surface area contributed by atoms with Crippen molar-refractivity contribution in [3.05, 3.63) is 81.9 Å². The van der Waals surface area contributed by atoms with E-state index in [9.17, 15) is 5.26 Å². The third-order valence-electron chi connectivity index (χ3n) is 4.14. The van der Waals surface area contributed by atoms with Crippen molar-refractivity contribution in [3.8, 4) is 11.8 Å². The summed E-state index contributed by atoms with van der Waals surface area (Å²) < 4.78 is 2.00. The van der Waals surface area contributed by atoms with Crippen LogP contribution in [0, 0.1) is 18.3 Å². The molecule has 0 radical (unpaired) electrons. The molecule has 3 aromatic rings. The van der Waals surface area contributed by atoms with Gasteiger partial charge in [0.2, 0.25) is 0 Å². The van der Waals surface area contributed by atoms with E-state index < -0.39 is 0 Å². The molecule has 116 valence electrons. The number of nitrogens with zero attached hydrogens (tertiary/aromatic N) is 4. The normalized spacial score (nSPS) is 12.6. The van der Waals surface area contributed by atoms with Gasteiger partial charge in [-0.15, -0.1) is 0 Å². The van der Waals surface area contributed by atoms with Crippen molar-refractivity contribution in [2.24, 2.45) is 4.99 Å². The Morgan fingerprint density at radius 3 is 2.71 bits per heavy atom. The number of fused-ring (bicyclic) bond motifs is 3. The van der Waals surface area contributed by atoms with Crippen molar-refractivity contribution in [2.75, 3.05) is 0 Å². The van der Waals surface area contributed by atoms with Gasteiger partial charge in [-0.2, -0.15) is 5.26 Å². The predicted molar refractivity (Wildman–Crippen MR) is 93.8 cm³/mol. The third kappa shape index (κ3) is 2.22. The Balaban J connectivity index is 2.04. The number of nitriles is 1. The first-order valence-corrected chi connectivity index (χ1v) is 7.95. The summed E-state index contributed by atoms with van der Waals surface area (Å²) in [6.07, 6.45) is 0. The van der Waals surface area contributed by atoms with E-state index in [1.165, 1.54) is 0 Å². The van der Waals surface area contributed by atoms with Crippen LogP contribution in [0.2, 0.25) is 5.02 Å². The molecule has 0 N–H and O–H groups in total. The van der Waals surface area contributed by atoms with Gasteiger partial charge in [0.15, 0.2) is 5.69 Å². The first kappa shape index (κ1) is 14.7. The van der Waals surface area contributed by atoms with Crippen LogP contribution in [-0.4, -0.2) is 15.3 Å². The summed E-state index contributed by atoms with van der Waals surface area (Å²) in [6.45, 7) is 2.30. The molecule has 4 rings (SSSR count). The van der Waals surface area contributed by atoms with Gasteiger partial charge in [0.25, 0.3) is 0 Å². The standard InChI is InChI=1S/C19H13ClN4/c1-12-23-16(10-21)18-11-22-19(13-5-3-2-4-6-13)15-9-14(20)7-8-17(15)24(12)18/h2-9H,11H2,1H3. The van der Waals surface area contributed by atoms with E-state index in [-0.39, 0.29) is 0 Å². The zero-order chi connectivity index (χ0) is 16.7. The van der Waals surface area contributed by atoms with Gasteiger partial charge < -0.3 is 0 Å². The first-order valence-electron chi connectivity index (χ1n) is 7.57. The second kappa shape index (κ2) is 5.63. The Morgan fingerprint density at radius 1 is 1.17 bits per heavy atom. The summed E-state index contributed by atoms with van der Waals surface area (Å²) in [6, 6.07) is 17.9. The van der Waals surface area contributed by atoms with Crippen LogP contribution in [-0.2, 0) is 6.54 Å². The molecule has 2 aromatic carbocycles. The fourth-order valence-corrected chi connectivity index (χ4v) is 3.28. The maximum absolute atomic E-state index is 9.38. The van der Waals surface area contributed by atoms with Gasteiger partial charge in [0.05, 0.1) is 23.6 Å². The lowest BCUT2D eigenvalue weighted by Gasteiger charge is -2.13. The lowest BCUT2D eigenvalue weighted by Crippen LogP contribution is -2.08. The Hall–Kier alpha value is -2.90. The summed E-state index contributed by atoms with van der Waals surface area (Å²) in [5, 5.41) is 10.0. The molecular formula is C19H13ClN4. The smallest absolute Gasteiger partial charge is 0.164 e. The van der Waals surface area contributed by atoms with Crippen molar-refractivity contribution in [1.29, 1.82) is 5.26 Å². The Labute approximate surface area is 144 Å². The fraction of sp³-hybridized carbons (Fsp3) is 0.105. The predicted octanol–water partition coefficient (Wildman–Crippen LogP) is 4.06. The summed E-state index contributed by atoms with van der Waals surface area (Å²) >= 11 is 6.25. The minimum Gasteiger partial charge on any atom is -0.297 e. The average molecular weight is 333 g/mol. The number of rotatable bonds is 1. The van der Waals surface area contributed by atoms with Gasteiger partial charge in [-0.25, -0.2) is 4.98 Å². The average Bonchev–Trinajstić information content (AvgIpc) is 2.82. The van der Waals surface area contributed by atoms with E-state index in [0.29, 0.717) is 17.3 Å². The van der Waals surface area contributed by atoms with Crippen molar-refractivity contribution in [2.45, 2.75) is 13.5 Å². The highest BCUT2D eigenvalue weighted by Gasteiger charge is 2.23. The molecule has 0 amide bonds. The van der Waals surface area contributed by atoms with Gasteiger partial charge in [0.1, 0.15) is 11.9 Å². The van der Waals surface area contributed by atoms with Crippen LogP contribution in [0.15, 0.2) is 53.5 Å². The number of hydrogen-bond donors (Lipinski definition) is 0. The fourth-order valence-electron chi connectivity index (χ4n) is 3.11. The van der Waals surface area contributed by atoms with Crippen LogP contribution in [0.1, 0.15) is 28.3 Å². The Bertz CT molecular complexity index is 1010. The SMILES string of the molecule is Cc1nc(C#N)c2n1-c1ccc(Cl)cc1C(c1ccccc1)=NC2. The molecule has 24 heavy (non-hydrogen) atoms. The molecule has 0 bridgehead atoms. The molecule has 0 spiro atoms. The van der Waals surface area contributed by atoms with Gasteiger partial charge >= 0.3 is 0 Å². The zero-order valence-electron chi connectivity index (χ0n) is 13.0. The molecule has 0 aliphatic carbocycles. The molecule has 0 fully saturated rings. The molecule has 0 saturated heterocycles. The molecule has 0 saturated carbocycles. The lowest BCUT2D eigenvalue weighted by atomic mass is 10.0. The van der Waals surface area contributed by atoms with E-state index in [1.807, 2.05) is 60.0 Å². The molecule has 5 heteroatoms. The van der Waals surface area contributed by atoms with Crippen molar-refractivity contribution < 1.29 is 0 Å². The van der Waals surface area contributed by atoms with Gasteiger partial charge in [-0.1, -0.05) is 41.9 Å². The van der Waals surface area contributed by atoms with Crippen LogP contribution in [0.25, 0.3) is 5.69 Å². The minimum absolute atomic E-state index is 0.403. The molecule has 0 unspecified atom stereocenters. The van der Waals surface area contributed by atoms with Crippen LogP contribution >= 0.6 is 11.6 Å². The second-order valence-corrected chi connectivity index (χ2v) is 6.03. The number of hydrogen-bond acceptors (Lipinski definition) is 3. The number of benzene rings is 2. The van der Waals surface area contributed by atoms with E-state index in [0.717, 1.165) is 34.0 Å². The number of aromatic nitrogens is 2. The van der Waals surface area contributed by atoms with E-state index in [1.54, 1.807) is 0 Å². The number of imidazole rings is 1. The molecule has 0 atom stereocenters. The molecular weight excluding hydrogens is 320 g/mol. The number of aliphatic imine (C=N–C) groups is 1. The monoisotopic (exact) mass is 332 g/mol. The summed E-state index contributed by atoms with van der Waals surface area (Å²) in [5.41, 5.74) is 5.02. The molecule has 2 heterocycles. The zero-order valence-corrected chi connectivity index (χ0v) is 13.7. The van der Waals surface area contributed by atoms with Crippen molar-refractivity contribution in [3.63, 3.8) is 0 Å². The van der Waals surface area contributed by atoms with E-state index >= 15 is 0 Å². The topological polar surface area (TPSA) is 54.0 Å². The number of aryl methyl sites for hydroxylation is 1. The van der Waals surface area contributed by atoms with Gasteiger partial charge in [-0.05, 0) is 25.1 Å². The first-order chi connectivity index (χ1) is 11.7. The maximum atomic E-state index is 9.38. The third-order valence-corrected chi connectivity index (χ3v) is 4.37. The molecule has 1 aromatic heterocycles. The lowest BCUT2D eigenvalue weighted by molar-refractivity contribution is 0.888. The van der Waals surface area contributed by atoms with Crippen LogP contribution in [0.3, 0.4) is 0 Å². The van der Waals surface area contributed by atoms with Crippen LogP contribution < -0.4 is 0 Å². The van der Waals surface area contributed by atoms with Crippen molar-refractivity contribution in [1.82, 2.24) is 9.55 Å². The minimum atomic E-state index is 0.403.